The van der Waals surface area contributed by atoms with Crippen molar-refractivity contribution in [1.29, 1.82) is 0 Å². The molecule has 0 aliphatic carbocycles. The van der Waals surface area contributed by atoms with Crippen LogP contribution in [0.5, 0.6) is 0 Å². The van der Waals surface area contributed by atoms with Crippen LogP contribution in [0.2, 0.25) is 0 Å². The number of non-ortho nitro benzene ring substituents is 1. The zero-order chi connectivity index (χ0) is 18.4. The van der Waals surface area contributed by atoms with Gasteiger partial charge in [0.05, 0.1) is 17.8 Å². The van der Waals surface area contributed by atoms with Crippen LogP contribution in [-0.2, 0) is 11.3 Å². The number of benzene rings is 1. The zero-order valence-electron chi connectivity index (χ0n) is 14.5. The van der Waals surface area contributed by atoms with Crippen molar-refractivity contribution in [2.24, 2.45) is 0 Å². The molecule has 0 spiro atoms. The second kappa shape index (κ2) is 8.54. The second-order valence-corrected chi connectivity index (χ2v) is 6.27. The maximum absolute atomic E-state index is 12.2. The third-order valence-electron chi connectivity index (χ3n) is 4.43. The number of carbonyl (C=O) groups excluding carboxylic acids is 1. The van der Waals surface area contributed by atoms with Crippen molar-refractivity contribution in [2.75, 3.05) is 44.6 Å². The van der Waals surface area contributed by atoms with E-state index < -0.39 is 4.92 Å². The van der Waals surface area contributed by atoms with Crippen LogP contribution in [0.1, 0.15) is 0 Å². The number of imidazole rings is 1. The van der Waals surface area contributed by atoms with Gasteiger partial charge in [0.15, 0.2) is 0 Å². The van der Waals surface area contributed by atoms with Gasteiger partial charge in [0.25, 0.3) is 5.69 Å². The van der Waals surface area contributed by atoms with E-state index in [0.717, 1.165) is 39.3 Å². The second-order valence-electron chi connectivity index (χ2n) is 6.27. The molecule has 1 aliphatic rings. The molecule has 26 heavy (non-hydrogen) atoms. The minimum Gasteiger partial charge on any atom is -0.336 e. The Morgan fingerprint density at radius 2 is 1.81 bits per heavy atom. The lowest BCUT2D eigenvalue weighted by Gasteiger charge is -2.34. The standard InChI is InChI=1S/C17H22N6O3/c24-17(19-15-1-3-16(4-2-15)23(25)26)13-21-10-7-20(8-11-21)9-12-22-6-5-18-14-22/h1-6,14H,7-13H2,(H,19,24). The first-order chi connectivity index (χ1) is 12.6. The summed E-state index contributed by atoms with van der Waals surface area (Å²) in [7, 11) is 0. The van der Waals surface area contributed by atoms with Gasteiger partial charge >= 0.3 is 0 Å². The van der Waals surface area contributed by atoms with Gasteiger partial charge in [-0.2, -0.15) is 0 Å². The SMILES string of the molecule is O=C(CN1CCN(CCn2ccnc2)CC1)Nc1ccc([N+](=O)[O-])cc1. The molecule has 1 aromatic carbocycles. The molecule has 0 atom stereocenters. The fourth-order valence-corrected chi connectivity index (χ4v) is 2.92. The van der Waals surface area contributed by atoms with E-state index in [9.17, 15) is 14.9 Å². The van der Waals surface area contributed by atoms with Crippen molar-refractivity contribution >= 4 is 17.3 Å². The number of aromatic nitrogens is 2. The van der Waals surface area contributed by atoms with Crippen molar-refractivity contribution in [1.82, 2.24) is 19.4 Å². The Hall–Kier alpha value is -2.78. The zero-order valence-corrected chi connectivity index (χ0v) is 14.5. The maximum atomic E-state index is 12.2. The van der Waals surface area contributed by atoms with Crippen LogP contribution in [0, 0.1) is 10.1 Å². The Morgan fingerprint density at radius 1 is 1.12 bits per heavy atom. The van der Waals surface area contributed by atoms with Crippen LogP contribution in [0.4, 0.5) is 11.4 Å². The minimum absolute atomic E-state index is 0.00909. The number of carbonyl (C=O) groups is 1. The lowest BCUT2D eigenvalue weighted by Crippen LogP contribution is -2.49. The molecule has 0 radical (unpaired) electrons. The lowest BCUT2D eigenvalue weighted by molar-refractivity contribution is -0.384. The average molecular weight is 358 g/mol. The fourth-order valence-electron chi connectivity index (χ4n) is 2.92. The number of nitro groups is 1. The highest BCUT2D eigenvalue weighted by molar-refractivity contribution is 5.92. The number of rotatable bonds is 7. The molecule has 1 N–H and O–H groups in total. The van der Waals surface area contributed by atoms with Crippen molar-refractivity contribution in [3.63, 3.8) is 0 Å². The molecule has 1 fully saturated rings. The van der Waals surface area contributed by atoms with Gasteiger partial charge in [-0.15, -0.1) is 0 Å². The molecule has 1 aliphatic heterocycles. The fraction of sp³-hybridized carbons (Fsp3) is 0.412. The van der Waals surface area contributed by atoms with E-state index in [0.29, 0.717) is 12.2 Å². The molecule has 9 nitrogen and oxygen atoms in total. The summed E-state index contributed by atoms with van der Waals surface area (Å²) in [5, 5.41) is 13.4. The number of hydrogen-bond donors (Lipinski definition) is 1. The molecule has 138 valence electrons. The van der Waals surface area contributed by atoms with E-state index in [1.807, 2.05) is 12.5 Å². The summed E-state index contributed by atoms with van der Waals surface area (Å²) >= 11 is 0. The van der Waals surface area contributed by atoms with Crippen LogP contribution < -0.4 is 5.32 Å². The minimum atomic E-state index is -0.460. The van der Waals surface area contributed by atoms with Crippen molar-refractivity contribution in [3.05, 3.63) is 53.1 Å². The van der Waals surface area contributed by atoms with Crippen molar-refractivity contribution < 1.29 is 9.72 Å². The summed E-state index contributed by atoms with van der Waals surface area (Å²) in [6.45, 7) is 5.76. The van der Waals surface area contributed by atoms with Crippen molar-refractivity contribution in [2.45, 2.75) is 6.54 Å². The Kier molecular flexibility index (Phi) is 5.92. The maximum Gasteiger partial charge on any atom is 0.269 e. The monoisotopic (exact) mass is 358 g/mol. The average Bonchev–Trinajstić information content (AvgIpc) is 3.15. The highest BCUT2D eigenvalue weighted by atomic mass is 16.6. The van der Waals surface area contributed by atoms with Gasteiger partial charge in [0.2, 0.25) is 5.91 Å². The van der Waals surface area contributed by atoms with E-state index in [1.54, 1.807) is 18.3 Å². The molecule has 1 aromatic heterocycles. The topological polar surface area (TPSA) is 96.5 Å². The first-order valence-electron chi connectivity index (χ1n) is 8.55. The summed E-state index contributed by atoms with van der Waals surface area (Å²) in [4.78, 5) is 30.9. The normalized spacial score (nSPS) is 15.7. The van der Waals surface area contributed by atoms with Crippen LogP contribution in [-0.4, -0.2) is 69.4 Å². The van der Waals surface area contributed by atoms with Crippen LogP contribution in [0.25, 0.3) is 0 Å². The molecular weight excluding hydrogens is 336 g/mol. The van der Waals surface area contributed by atoms with Crippen molar-refractivity contribution in [3.8, 4) is 0 Å². The molecular formula is C17H22N6O3. The molecule has 1 saturated heterocycles. The lowest BCUT2D eigenvalue weighted by atomic mass is 10.2. The van der Waals surface area contributed by atoms with E-state index in [-0.39, 0.29) is 11.6 Å². The van der Waals surface area contributed by atoms with Gasteiger partial charge in [0.1, 0.15) is 0 Å². The summed E-state index contributed by atoms with van der Waals surface area (Å²) < 4.78 is 2.06. The Bertz CT molecular complexity index is 723. The number of nitro benzene ring substituents is 1. The molecule has 0 unspecified atom stereocenters. The third kappa shape index (κ3) is 5.11. The predicted octanol–water partition coefficient (Wildman–Crippen LogP) is 1.05. The van der Waals surface area contributed by atoms with Crippen LogP contribution >= 0.6 is 0 Å². The van der Waals surface area contributed by atoms with E-state index in [4.69, 9.17) is 0 Å². The molecule has 0 bridgehead atoms. The number of nitrogens with zero attached hydrogens (tertiary/aromatic N) is 5. The van der Waals surface area contributed by atoms with E-state index in [1.165, 1.54) is 12.1 Å². The summed E-state index contributed by atoms with van der Waals surface area (Å²) in [6, 6.07) is 5.86. The van der Waals surface area contributed by atoms with Gasteiger partial charge in [0, 0.05) is 69.5 Å². The van der Waals surface area contributed by atoms with Gasteiger partial charge in [-0.1, -0.05) is 0 Å². The summed E-state index contributed by atoms with van der Waals surface area (Å²) in [6.07, 6.45) is 5.55. The highest BCUT2D eigenvalue weighted by Crippen LogP contribution is 2.15. The summed E-state index contributed by atoms with van der Waals surface area (Å²) in [5.74, 6) is -0.106. The Labute approximate surface area is 151 Å². The van der Waals surface area contributed by atoms with Gasteiger partial charge in [-0.05, 0) is 12.1 Å². The molecule has 3 rings (SSSR count). The molecule has 0 saturated carbocycles. The Morgan fingerprint density at radius 3 is 2.42 bits per heavy atom. The van der Waals surface area contributed by atoms with Gasteiger partial charge in [-0.25, -0.2) is 4.98 Å². The number of nitrogens with one attached hydrogen (secondary N) is 1. The van der Waals surface area contributed by atoms with E-state index >= 15 is 0 Å². The molecule has 2 heterocycles. The van der Waals surface area contributed by atoms with Gasteiger partial charge in [-0.3, -0.25) is 24.7 Å². The Balaban J connectivity index is 1.38. The number of hydrogen-bond acceptors (Lipinski definition) is 6. The van der Waals surface area contributed by atoms with Crippen LogP contribution in [0.3, 0.4) is 0 Å². The molecule has 9 heteroatoms. The third-order valence-corrected chi connectivity index (χ3v) is 4.43. The molecule has 1 amide bonds. The number of anilines is 1. The molecule has 2 aromatic rings. The van der Waals surface area contributed by atoms with Crippen LogP contribution in [0.15, 0.2) is 43.0 Å². The number of piperazine rings is 1. The smallest absolute Gasteiger partial charge is 0.269 e. The number of amides is 1. The van der Waals surface area contributed by atoms with Gasteiger partial charge < -0.3 is 9.88 Å². The summed E-state index contributed by atoms with van der Waals surface area (Å²) in [5.41, 5.74) is 0.578. The quantitative estimate of drug-likeness (QED) is 0.587. The largest absolute Gasteiger partial charge is 0.336 e. The first kappa shape index (κ1) is 18.0. The first-order valence-corrected chi connectivity index (χ1v) is 8.55. The predicted molar refractivity (Wildman–Crippen MR) is 96.8 cm³/mol. The van der Waals surface area contributed by atoms with E-state index in [2.05, 4.69) is 24.7 Å². The highest BCUT2D eigenvalue weighted by Gasteiger charge is 2.19.